The number of nitrogens with zero attached hydrogens (tertiary/aromatic N) is 1. The summed E-state index contributed by atoms with van der Waals surface area (Å²) in [6.45, 7) is 0.271. The lowest BCUT2D eigenvalue weighted by Gasteiger charge is -2.12. The third-order valence-corrected chi connectivity index (χ3v) is 3.84. The van der Waals surface area contributed by atoms with Crippen LogP contribution in [0.4, 0.5) is 0 Å². The summed E-state index contributed by atoms with van der Waals surface area (Å²) in [5.41, 5.74) is 2.52. The lowest BCUT2D eigenvalue weighted by molar-refractivity contribution is -0.132. The molecule has 0 atom stereocenters. The summed E-state index contributed by atoms with van der Waals surface area (Å²) < 4.78 is 11.5. The van der Waals surface area contributed by atoms with Crippen molar-refractivity contribution in [2.75, 3.05) is 14.2 Å². The van der Waals surface area contributed by atoms with Gasteiger partial charge in [0.15, 0.2) is 5.71 Å². The Balaban J connectivity index is 2.19. The van der Waals surface area contributed by atoms with Crippen LogP contribution in [0.25, 0.3) is 6.08 Å². The Bertz CT molecular complexity index is 813. The maximum atomic E-state index is 12.0. The van der Waals surface area contributed by atoms with E-state index in [0.29, 0.717) is 11.3 Å². The first-order chi connectivity index (χ1) is 12.5. The SMILES string of the molecule is CON=C(C(=O)OC)c1ccccc1COc1ccc(C=C(Br)Br)cc1. The molecule has 0 N–H and O–H groups in total. The van der Waals surface area contributed by atoms with Gasteiger partial charge >= 0.3 is 5.97 Å². The van der Waals surface area contributed by atoms with Gasteiger partial charge in [-0.05, 0) is 61.2 Å². The zero-order chi connectivity index (χ0) is 18.9. The average molecular weight is 483 g/mol. The van der Waals surface area contributed by atoms with Gasteiger partial charge < -0.3 is 14.3 Å². The number of hydrogen-bond donors (Lipinski definition) is 0. The van der Waals surface area contributed by atoms with Crippen molar-refractivity contribution in [2.24, 2.45) is 5.16 Å². The van der Waals surface area contributed by atoms with Crippen molar-refractivity contribution in [3.05, 3.63) is 68.6 Å². The first-order valence-electron chi connectivity index (χ1n) is 7.58. The lowest BCUT2D eigenvalue weighted by Crippen LogP contribution is -2.19. The number of methoxy groups -OCH3 is 1. The Labute approximate surface area is 168 Å². The number of hydrogen-bond acceptors (Lipinski definition) is 5. The topological polar surface area (TPSA) is 57.1 Å². The van der Waals surface area contributed by atoms with Crippen molar-refractivity contribution in [1.29, 1.82) is 0 Å². The Morgan fingerprint density at radius 3 is 2.38 bits per heavy atom. The molecule has 0 heterocycles. The zero-order valence-electron chi connectivity index (χ0n) is 14.2. The largest absolute Gasteiger partial charge is 0.489 e. The molecule has 0 saturated heterocycles. The van der Waals surface area contributed by atoms with Gasteiger partial charge in [-0.1, -0.05) is 41.6 Å². The predicted octanol–water partition coefficient (Wildman–Crippen LogP) is 4.88. The van der Waals surface area contributed by atoms with E-state index in [1.165, 1.54) is 14.2 Å². The fraction of sp³-hybridized carbons (Fsp3) is 0.158. The summed E-state index contributed by atoms with van der Waals surface area (Å²) in [6.07, 6.45) is 1.93. The van der Waals surface area contributed by atoms with Gasteiger partial charge in [0.05, 0.1) is 10.5 Å². The van der Waals surface area contributed by atoms with Crippen molar-refractivity contribution >= 4 is 49.6 Å². The molecule has 7 heteroatoms. The van der Waals surface area contributed by atoms with Crippen LogP contribution in [0.5, 0.6) is 5.75 Å². The molecule has 0 amide bonds. The molecule has 0 aliphatic rings. The number of halogens is 2. The monoisotopic (exact) mass is 481 g/mol. The maximum absolute atomic E-state index is 12.0. The smallest absolute Gasteiger partial charge is 0.360 e. The van der Waals surface area contributed by atoms with Crippen LogP contribution in [0.15, 0.2) is 57.1 Å². The number of rotatable bonds is 7. The molecule has 0 fully saturated rings. The van der Waals surface area contributed by atoms with Crippen LogP contribution >= 0.6 is 31.9 Å². The standard InChI is InChI=1S/C19H17Br2NO4/c1-24-19(23)18(22-25-2)16-6-4-3-5-14(16)12-26-15-9-7-13(8-10-15)11-17(20)21/h3-11H,12H2,1-2H3. The summed E-state index contributed by atoms with van der Waals surface area (Å²) >= 11 is 6.66. The molecule has 0 radical (unpaired) electrons. The minimum absolute atomic E-state index is 0.0943. The van der Waals surface area contributed by atoms with Gasteiger partial charge in [0, 0.05) is 5.56 Å². The van der Waals surface area contributed by atoms with E-state index in [0.717, 1.165) is 14.5 Å². The van der Waals surface area contributed by atoms with E-state index in [1.54, 1.807) is 6.07 Å². The van der Waals surface area contributed by atoms with Crippen LogP contribution in [0.1, 0.15) is 16.7 Å². The first kappa shape index (κ1) is 20.2. The van der Waals surface area contributed by atoms with Gasteiger partial charge in [-0.15, -0.1) is 0 Å². The quantitative estimate of drug-likeness (QED) is 0.320. The van der Waals surface area contributed by atoms with Crippen molar-refractivity contribution in [2.45, 2.75) is 6.61 Å². The number of ether oxygens (including phenoxy) is 2. The normalized spacial score (nSPS) is 10.8. The second kappa shape index (κ2) is 10.1. The fourth-order valence-electron chi connectivity index (χ4n) is 2.21. The molecule has 0 unspecified atom stereocenters. The molecule has 0 aromatic heterocycles. The first-order valence-corrected chi connectivity index (χ1v) is 9.17. The van der Waals surface area contributed by atoms with E-state index in [9.17, 15) is 4.79 Å². The number of carbonyl (C=O) groups is 1. The molecule has 2 aromatic carbocycles. The molecule has 5 nitrogen and oxygen atoms in total. The van der Waals surface area contributed by atoms with Gasteiger partial charge in [0.2, 0.25) is 0 Å². The zero-order valence-corrected chi connectivity index (χ0v) is 17.4. The van der Waals surface area contributed by atoms with E-state index in [4.69, 9.17) is 14.3 Å². The highest BCUT2D eigenvalue weighted by atomic mass is 79.9. The average Bonchev–Trinajstić information content (AvgIpc) is 2.65. The Morgan fingerprint density at radius 1 is 1.08 bits per heavy atom. The Kier molecular flexibility index (Phi) is 7.87. The van der Waals surface area contributed by atoms with Crippen LogP contribution in [0, 0.1) is 0 Å². The van der Waals surface area contributed by atoms with Crippen molar-refractivity contribution in [3.63, 3.8) is 0 Å². The van der Waals surface area contributed by atoms with Crippen molar-refractivity contribution in [3.8, 4) is 5.75 Å². The molecular weight excluding hydrogens is 466 g/mol. The van der Waals surface area contributed by atoms with Crippen LogP contribution in [0.2, 0.25) is 0 Å². The second-order valence-corrected chi connectivity index (χ2v) is 7.84. The Morgan fingerprint density at radius 2 is 1.77 bits per heavy atom. The summed E-state index contributed by atoms with van der Waals surface area (Å²) in [7, 11) is 2.68. The maximum Gasteiger partial charge on any atom is 0.360 e. The third kappa shape index (κ3) is 5.71. The van der Waals surface area contributed by atoms with Gasteiger partial charge in [-0.2, -0.15) is 0 Å². The molecule has 0 saturated carbocycles. The highest BCUT2D eigenvalue weighted by Crippen LogP contribution is 2.21. The van der Waals surface area contributed by atoms with E-state index >= 15 is 0 Å². The number of carbonyl (C=O) groups excluding carboxylic acids is 1. The van der Waals surface area contributed by atoms with Crippen molar-refractivity contribution in [1.82, 2.24) is 0 Å². The van der Waals surface area contributed by atoms with Crippen LogP contribution in [-0.4, -0.2) is 25.9 Å². The van der Waals surface area contributed by atoms with E-state index in [-0.39, 0.29) is 12.3 Å². The minimum Gasteiger partial charge on any atom is -0.489 e. The van der Waals surface area contributed by atoms with E-state index in [2.05, 4.69) is 37.0 Å². The molecule has 26 heavy (non-hydrogen) atoms. The predicted molar refractivity (Wildman–Crippen MR) is 109 cm³/mol. The van der Waals surface area contributed by atoms with Gasteiger partial charge in [-0.25, -0.2) is 4.79 Å². The van der Waals surface area contributed by atoms with E-state index < -0.39 is 5.97 Å². The van der Waals surface area contributed by atoms with Crippen LogP contribution in [0.3, 0.4) is 0 Å². The number of oxime groups is 1. The van der Waals surface area contributed by atoms with Crippen LogP contribution < -0.4 is 4.74 Å². The molecule has 0 aliphatic carbocycles. The molecular formula is C19H17Br2NO4. The summed E-state index contributed by atoms with van der Waals surface area (Å²) in [4.78, 5) is 16.7. The van der Waals surface area contributed by atoms with Gasteiger partial charge in [0.1, 0.15) is 19.5 Å². The minimum atomic E-state index is -0.573. The summed E-state index contributed by atoms with van der Waals surface area (Å²) in [5.74, 6) is 0.140. The molecule has 0 aliphatic heterocycles. The summed E-state index contributed by atoms with van der Waals surface area (Å²) in [5, 5.41) is 3.79. The highest BCUT2D eigenvalue weighted by Gasteiger charge is 2.19. The molecule has 2 rings (SSSR count). The van der Waals surface area contributed by atoms with Gasteiger partial charge in [-0.3, -0.25) is 0 Å². The molecule has 136 valence electrons. The van der Waals surface area contributed by atoms with E-state index in [1.807, 2.05) is 48.5 Å². The van der Waals surface area contributed by atoms with Gasteiger partial charge in [0.25, 0.3) is 0 Å². The fourth-order valence-corrected chi connectivity index (χ4v) is 2.74. The Hall–Kier alpha value is -2.12. The van der Waals surface area contributed by atoms with Crippen LogP contribution in [-0.2, 0) is 21.0 Å². The summed E-state index contributed by atoms with van der Waals surface area (Å²) in [6, 6.07) is 14.9. The second-order valence-electron chi connectivity index (χ2n) is 5.06. The lowest BCUT2D eigenvalue weighted by atomic mass is 10.0. The van der Waals surface area contributed by atoms with Crippen molar-refractivity contribution < 1.29 is 19.1 Å². The number of esters is 1. The molecule has 0 spiro atoms. The highest BCUT2D eigenvalue weighted by molar-refractivity contribution is 9.28. The third-order valence-electron chi connectivity index (χ3n) is 3.38. The molecule has 2 aromatic rings. The number of benzene rings is 2. The molecule has 0 bridgehead atoms.